The number of rotatable bonds is 9. The fourth-order valence-electron chi connectivity index (χ4n) is 3.58. The van der Waals surface area contributed by atoms with Gasteiger partial charge in [0.15, 0.2) is 5.84 Å². The number of hydrogen-bond acceptors (Lipinski definition) is 6. The molecular formula is C24H28N6O3. The number of nitrogens with one attached hydrogen (secondary N) is 1. The minimum Gasteiger partial charge on any atom is -0.457 e. The lowest BCUT2D eigenvalue weighted by Crippen LogP contribution is -2.39. The fourth-order valence-corrected chi connectivity index (χ4v) is 3.58. The van der Waals surface area contributed by atoms with Crippen LogP contribution < -0.4 is 20.8 Å². The van der Waals surface area contributed by atoms with Crippen molar-refractivity contribution >= 4 is 17.9 Å². The average molecular weight is 449 g/mol. The maximum absolute atomic E-state index is 11.9. The molecule has 3 N–H and O–H groups in total. The molecule has 9 heteroatoms. The van der Waals surface area contributed by atoms with Crippen LogP contribution in [-0.4, -0.2) is 36.3 Å². The van der Waals surface area contributed by atoms with E-state index in [0.29, 0.717) is 47.5 Å². The van der Waals surface area contributed by atoms with Crippen LogP contribution in [0.2, 0.25) is 0 Å². The number of para-hydroxylation sites is 1. The van der Waals surface area contributed by atoms with Gasteiger partial charge in [0.25, 0.3) is 0 Å². The van der Waals surface area contributed by atoms with Crippen LogP contribution in [0.3, 0.4) is 0 Å². The van der Waals surface area contributed by atoms with Gasteiger partial charge < -0.3 is 20.7 Å². The Hall–Kier alpha value is -4.14. The lowest BCUT2D eigenvalue weighted by atomic mass is 10.1. The van der Waals surface area contributed by atoms with Gasteiger partial charge in [-0.1, -0.05) is 24.8 Å². The van der Waals surface area contributed by atoms with Crippen LogP contribution in [0.5, 0.6) is 11.5 Å². The van der Waals surface area contributed by atoms with Crippen molar-refractivity contribution in [2.24, 2.45) is 16.0 Å². The predicted octanol–water partition coefficient (Wildman–Crippen LogP) is 3.91. The minimum absolute atomic E-state index is 0.143. The van der Waals surface area contributed by atoms with Crippen LogP contribution in [0, 0.1) is 4.91 Å². The summed E-state index contributed by atoms with van der Waals surface area (Å²) in [5.74, 6) is 1.67. The van der Waals surface area contributed by atoms with E-state index in [9.17, 15) is 9.70 Å². The molecule has 1 unspecified atom stereocenters. The van der Waals surface area contributed by atoms with E-state index >= 15 is 0 Å². The van der Waals surface area contributed by atoms with Gasteiger partial charge >= 0.3 is 0 Å². The van der Waals surface area contributed by atoms with Crippen molar-refractivity contribution in [2.45, 2.75) is 25.8 Å². The molecule has 0 radical (unpaired) electrons. The molecule has 1 aliphatic heterocycles. The van der Waals surface area contributed by atoms with Crippen molar-refractivity contribution in [1.29, 1.82) is 0 Å². The van der Waals surface area contributed by atoms with Crippen molar-refractivity contribution in [3.63, 3.8) is 0 Å². The van der Waals surface area contributed by atoms with Crippen LogP contribution >= 0.6 is 0 Å². The smallest absolute Gasteiger partial charge is 0.209 e. The number of amides is 1. The number of ether oxygens (including phenoxy) is 1. The van der Waals surface area contributed by atoms with Gasteiger partial charge in [0.05, 0.1) is 17.0 Å². The van der Waals surface area contributed by atoms with Gasteiger partial charge in [0.2, 0.25) is 6.41 Å². The first-order valence-electron chi connectivity index (χ1n) is 10.6. The Bertz CT molecular complexity index is 1020. The zero-order valence-electron chi connectivity index (χ0n) is 18.6. The van der Waals surface area contributed by atoms with Crippen LogP contribution in [0.4, 0.5) is 5.69 Å². The summed E-state index contributed by atoms with van der Waals surface area (Å²) in [5, 5.41) is 7.36. The largest absolute Gasteiger partial charge is 0.457 e. The second-order valence-electron chi connectivity index (χ2n) is 7.56. The molecule has 0 bridgehead atoms. The standard InChI is InChI=1S/C24H28N6O3/c1-3-26-24(27-19-8-7-15-29(16-19)17-31)23(18(2)25)30(28-32)20-11-13-22(14-12-20)33-21-9-5-4-6-10-21/h3-6,9-14,17,19H,1,7-8,15-16,25H2,2H3,(H,26,27)/b23-18-. The van der Waals surface area contributed by atoms with E-state index in [1.165, 1.54) is 11.2 Å². The van der Waals surface area contributed by atoms with Crippen molar-refractivity contribution in [3.8, 4) is 11.5 Å². The molecule has 1 heterocycles. The maximum atomic E-state index is 11.9. The monoisotopic (exact) mass is 448 g/mol. The van der Waals surface area contributed by atoms with E-state index in [-0.39, 0.29) is 6.04 Å². The first-order valence-corrected chi connectivity index (χ1v) is 10.6. The van der Waals surface area contributed by atoms with Gasteiger partial charge in [-0.3, -0.25) is 9.79 Å². The number of carbonyl (C=O) groups excluding carboxylic acids is 1. The first-order chi connectivity index (χ1) is 16.0. The zero-order chi connectivity index (χ0) is 23.6. The molecule has 0 aliphatic carbocycles. The third-order valence-electron chi connectivity index (χ3n) is 5.08. The number of benzene rings is 2. The van der Waals surface area contributed by atoms with Gasteiger partial charge in [-0.2, -0.15) is 5.01 Å². The van der Waals surface area contributed by atoms with Crippen molar-refractivity contribution in [1.82, 2.24) is 10.2 Å². The number of aliphatic imine (C=N–C) groups is 1. The van der Waals surface area contributed by atoms with Gasteiger partial charge in [-0.05, 0) is 62.4 Å². The van der Waals surface area contributed by atoms with Crippen LogP contribution in [-0.2, 0) is 4.79 Å². The summed E-state index contributed by atoms with van der Waals surface area (Å²) in [6.07, 6.45) is 3.94. The molecule has 2 aromatic carbocycles. The summed E-state index contributed by atoms with van der Waals surface area (Å²) in [6, 6.07) is 16.2. The molecule has 9 nitrogen and oxygen atoms in total. The number of anilines is 1. The van der Waals surface area contributed by atoms with Crippen LogP contribution in [0.25, 0.3) is 0 Å². The SMILES string of the molecule is C=CNC(=NC1CCCN(C=O)C1)/C(=C(\C)N)N(N=O)c1ccc(Oc2ccccc2)cc1. The van der Waals surface area contributed by atoms with E-state index < -0.39 is 0 Å². The number of amidine groups is 1. The van der Waals surface area contributed by atoms with Gasteiger partial charge in [-0.25, -0.2) is 0 Å². The molecule has 1 atom stereocenters. The second-order valence-corrected chi connectivity index (χ2v) is 7.56. The normalized spacial score (nSPS) is 16.9. The third kappa shape index (κ3) is 6.19. The number of hydrogen-bond donors (Lipinski definition) is 2. The summed E-state index contributed by atoms with van der Waals surface area (Å²) >= 11 is 0. The summed E-state index contributed by atoms with van der Waals surface area (Å²) < 4.78 is 5.82. The third-order valence-corrected chi connectivity index (χ3v) is 5.08. The summed E-state index contributed by atoms with van der Waals surface area (Å²) in [6.45, 7) is 6.57. The number of nitrogens with two attached hydrogens (primary N) is 1. The Balaban J connectivity index is 1.88. The number of allylic oxidation sites excluding steroid dienone is 1. The maximum Gasteiger partial charge on any atom is 0.209 e. The number of carbonyl (C=O) groups is 1. The number of piperidine rings is 1. The predicted molar refractivity (Wildman–Crippen MR) is 130 cm³/mol. The summed E-state index contributed by atoms with van der Waals surface area (Å²) in [7, 11) is 0. The minimum atomic E-state index is -0.143. The molecule has 0 spiro atoms. The van der Waals surface area contributed by atoms with E-state index in [1.807, 2.05) is 30.3 Å². The molecule has 0 aromatic heterocycles. The first kappa shape index (κ1) is 23.5. The Kier molecular flexibility index (Phi) is 8.18. The lowest BCUT2D eigenvalue weighted by Gasteiger charge is -2.29. The van der Waals surface area contributed by atoms with Crippen LogP contribution in [0.15, 0.2) is 89.0 Å². The lowest BCUT2D eigenvalue weighted by molar-refractivity contribution is -0.119. The molecule has 1 amide bonds. The highest BCUT2D eigenvalue weighted by Crippen LogP contribution is 2.27. The molecular weight excluding hydrogens is 420 g/mol. The molecule has 33 heavy (non-hydrogen) atoms. The Morgan fingerprint density at radius 2 is 1.91 bits per heavy atom. The molecule has 1 aliphatic rings. The molecule has 0 saturated carbocycles. The highest BCUT2D eigenvalue weighted by Gasteiger charge is 2.24. The number of likely N-dealkylation sites (tertiary alicyclic amines) is 1. The topological polar surface area (TPSA) is 113 Å². The highest BCUT2D eigenvalue weighted by atomic mass is 16.5. The van der Waals surface area contributed by atoms with Gasteiger partial charge in [-0.15, -0.1) is 4.91 Å². The fraction of sp³-hybridized carbons (Fsp3) is 0.250. The van der Waals surface area contributed by atoms with Gasteiger partial charge in [0.1, 0.15) is 17.2 Å². The van der Waals surface area contributed by atoms with E-state index in [1.54, 1.807) is 36.1 Å². The highest BCUT2D eigenvalue weighted by molar-refractivity contribution is 6.02. The quantitative estimate of drug-likeness (QED) is 0.198. The zero-order valence-corrected chi connectivity index (χ0v) is 18.6. The van der Waals surface area contributed by atoms with Crippen molar-refractivity contribution in [3.05, 3.63) is 83.7 Å². The molecule has 1 saturated heterocycles. The molecule has 3 rings (SSSR count). The molecule has 172 valence electrons. The van der Waals surface area contributed by atoms with Crippen molar-refractivity contribution < 1.29 is 9.53 Å². The molecule has 2 aromatic rings. The second kappa shape index (κ2) is 11.5. The number of nitroso groups, excluding NO2 is 1. The Morgan fingerprint density at radius 1 is 1.21 bits per heavy atom. The van der Waals surface area contributed by atoms with E-state index in [2.05, 4.69) is 17.2 Å². The van der Waals surface area contributed by atoms with Gasteiger partial charge in [0, 0.05) is 18.8 Å². The van der Waals surface area contributed by atoms with E-state index in [4.69, 9.17) is 15.5 Å². The Labute approximate surface area is 193 Å². The molecule has 1 fully saturated rings. The van der Waals surface area contributed by atoms with Crippen molar-refractivity contribution in [2.75, 3.05) is 18.1 Å². The van der Waals surface area contributed by atoms with E-state index in [0.717, 1.165) is 19.3 Å². The average Bonchev–Trinajstić information content (AvgIpc) is 2.83. The number of nitrogens with zero attached hydrogens (tertiary/aromatic N) is 4. The summed E-state index contributed by atoms with van der Waals surface area (Å²) in [5.41, 5.74) is 7.31. The van der Waals surface area contributed by atoms with Crippen LogP contribution in [0.1, 0.15) is 19.8 Å². The Morgan fingerprint density at radius 3 is 2.52 bits per heavy atom. The summed E-state index contributed by atoms with van der Waals surface area (Å²) in [4.78, 5) is 29.5.